The predicted octanol–water partition coefficient (Wildman–Crippen LogP) is 1.75. The van der Waals surface area contributed by atoms with E-state index in [0.29, 0.717) is 0 Å². The number of thiocarbonyl (C=S) groups is 1. The van der Waals surface area contributed by atoms with Gasteiger partial charge in [-0.3, -0.25) is 0 Å². The van der Waals surface area contributed by atoms with E-state index in [9.17, 15) is 0 Å². The summed E-state index contributed by atoms with van der Waals surface area (Å²) in [6, 6.07) is 0. The first kappa shape index (κ1) is 5.63. The van der Waals surface area contributed by atoms with Crippen LogP contribution >= 0.6 is 23.6 Å². The number of hydrogen-bond donors (Lipinski definition) is 0. The molecule has 8 heavy (non-hydrogen) atoms. The molecular formula is C5H3NS2. The molecule has 0 aromatic carbocycles. The zero-order valence-corrected chi connectivity index (χ0v) is 5.63. The molecule has 0 fully saturated rings. The molecule has 1 heterocycles. The Kier molecular flexibility index (Phi) is 1.92. The van der Waals surface area contributed by atoms with Crippen molar-refractivity contribution < 1.29 is 0 Å². The number of aromatic nitrogens is 1. The molecule has 0 saturated heterocycles. The summed E-state index contributed by atoms with van der Waals surface area (Å²) in [5.74, 6) is 0. The maximum absolute atomic E-state index is 4.46. The Labute approximate surface area is 56.7 Å². The molecule has 40 valence electrons. The van der Waals surface area contributed by atoms with E-state index in [2.05, 4.69) is 22.2 Å². The van der Waals surface area contributed by atoms with Gasteiger partial charge in [-0.15, -0.1) is 11.3 Å². The fraction of sp³-hybridized carbons (Fsp3) is 0. The minimum atomic E-state index is 0.917. The molecule has 0 unspecified atom stereocenters. The van der Waals surface area contributed by atoms with Gasteiger partial charge in [0.15, 0.2) is 0 Å². The van der Waals surface area contributed by atoms with Crippen LogP contribution in [0.3, 0.4) is 0 Å². The highest BCUT2D eigenvalue weighted by molar-refractivity contribution is 7.78. The van der Waals surface area contributed by atoms with Crippen LogP contribution < -0.4 is 0 Å². The number of rotatable bonds is 1. The van der Waals surface area contributed by atoms with Gasteiger partial charge in [0.1, 0.15) is 5.01 Å². The first-order valence-corrected chi connectivity index (χ1v) is 3.32. The first-order valence-electron chi connectivity index (χ1n) is 2.04. The van der Waals surface area contributed by atoms with Gasteiger partial charge in [-0.2, -0.15) is 0 Å². The van der Waals surface area contributed by atoms with Crippen LogP contribution in [0.5, 0.6) is 0 Å². The van der Waals surface area contributed by atoms with Crippen LogP contribution in [0.4, 0.5) is 0 Å². The summed E-state index contributed by atoms with van der Waals surface area (Å²) >= 11 is 6.01. The maximum atomic E-state index is 4.46. The fourth-order valence-corrected chi connectivity index (χ4v) is 1.05. The van der Waals surface area contributed by atoms with Crippen molar-refractivity contribution in [3.8, 4) is 0 Å². The molecule has 0 bridgehead atoms. The van der Waals surface area contributed by atoms with Crippen LogP contribution in [0, 0.1) is 0 Å². The molecule has 3 heteroatoms. The van der Waals surface area contributed by atoms with Crippen LogP contribution in [0.15, 0.2) is 11.6 Å². The number of nitrogens with zero attached hydrogens (tertiary/aromatic N) is 1. The lowest BCUT2D eigenvalue weighted by atomic mass is 10.7. The average molecular weight is 141 g/mol. The second-order valence-corrected chi connectivity index (χ2v) is 2.29. The van der Waals surface area contributed by atoms with Crippen LogP contribution in [-0.2, 0) is 0 Å². The van der Waals surface area contributed by atoms with Gasteiger partial charge in [0.05, 0.1) is 0 Å². The summed E-state index contributed by atoms with van der Waals surface area (Å²) in [7, 11) is 0. The highest BCUT2D eigenvalue weighted by Gasteiger charge is 1.82. The molecule has 0 aliphatic carbocycles. The second kappa shape index (κ2) is 2.72. The molecule has 0 atom stereocenters. The molecule has 0 aliphatic rings. The molecular weight excluding hydrogens is 138 g/mol. The lowest BCUT2D eigenvalue weighted by Crippen LogP contribution is -1.61. The second-order valence-electron chi connectivity index (χ2n) is 1.13. The van der Waals surface area contributed by atoms with Crippen LogP contribution in [0.1, 0.15) is 5.01 Å². The van der Waals surface area contributed by atoms with Gasteiger partial charge < -0.3 is 0 Å². The van der Waals surface area contributed by atoms with Crippen molar-refractivity contribution in [2.24, 2.45) is 0 Å². The molecule has 0 spiro atoms. The largest absolute Gasteiger partial charge is 0.244 e. The number of thiazole rings is 1. The van der Waals surface area contributed by atoms with Crippen molar-refractivity contribution in [3.05, 3.63) is 16.6 Å². The quantitative estimate of drug-likeness (QED) is 0.553. The Balaban J connectivity index is 2.93. The van der Waals surface area contributed by atoms with Gasteiger partial charge in [0.25, 0.3) is 0 Å². The number of hydrogen-bond acceptors (Lipinski definition) is 3. The molecule has 0 aliphatic heterocycles. The summed E-state index contributed by atoms with van der Waals surface area (Å²) in [5.41, 5.74) is 0. The third-order valence-corrected chi connectivity index (χ3v) is 1.47. The Morgan fingerprint density at radius 3 is 3.25 bits per heavy atom. The van der Waals surface area contributed by atoms with E-state index < -0.39 is 0 Å². The third kappa shape index (κ3) is 1.23. The van der Waals surface area contributed by atoms with Crippen LogP contribution in [0.25, 0.3) is 6.08 Å². The lowest BCUT2D eigenvalue weighted by Gasteiger charge is -1.69. The van der Waals surface area contributed by atoms with Crippen molar-refractivity contribution >= 4 is 34.7 Å². The van der Waals surface area contributed by atoms with E-state index >= 15 is 0 Å². The topological polar surface area (TPSA) is 12.9 Å². The summed E-state index contributed by atoms with van der Waals surface area (Å²) in [5, 5.41) is 5.29. The van der Waals surface area contributed by atoms with Gasteiger partial charge in [-0.1, -0.05) is 0 Å². The van der Waals surface area contributed by atoms with E-state index in [-0.39, 0.29) is 0 Å². The van der Waals surface area contributed by atoms with Gasteiger partial charge >= 0.3 is 0 Å². The van der Waals surface area contributed by atoms with Crippen molar-refractivity contribution in [3.63, 3.8) is 0 Å². The van der Waals surface area contributed by atoms with Crippen molar-refractivity contribution in [2.75, 3.05) is 0 Å². The monoisotopic (exact) mass is 141 g/mol. The Morgan fingerprint density at radius 2 is 2.75 bits per heavy atom. The summed E-state index contributed by atoms with van der Waals surface area (Å²) < 4.78 is 0. The Hall–Kier alpha value is -0.500. The van der Waals surface area contributed by atoms with Gasteiger partial charge in [0, 0.05) is 17.7 Å². The first-order chi connectivity index (χ1) is 3.93. The zero-order chi connectivity index (χ0) is 5.82. The van der Waals surface area contributed by atoms with Crippen LogP contribution in [0.2, 0.25) is 0 Å². The predicted molar refractivity (Wildman–Crippen MR) is 39.2 cm³/mol. The molecule has 1 aromatic heterocycles. The summed E-state index contributed by atoms with van der Waals surface area (Å²) in [4.78, 5) is 3.94. The smallest absolute Gasteiger partial charge is 0.124 e. The highest BCUT2D eigenvalue weighted by Crippen LogP contribution is 2.02. The van der Waals surface area contributed by atoms with Crippen LogP contribution in [-0.4, -0.2) is 10.0 Å². The molecule has 0 amide bonds. The lowest BCUT2D eigenvalue weighted by molar-refractivity contribution is 1.40. The molecule has 1 aromatic rings. The van der Waals surface area contributed by atoms with E-state index in [1.807, 2.05) is 5.38 Å². The average Bonchev–Trinajstić information content (AvgIpc) is 2.19. The van der Waals surface area contributed by atoms with E-state index in [0.717, 1.165) is 5.01 Å². The summed E-state index contributed by atoms with van der Waals surface area (Å²) in [6.45, 7) is 0. The Morgan fingerprint density at radius 1 is 1.88 bits per heavy atom. The highest BCUT2D eigenvalue weighted by atomic mass is 32.1. The van der Waals surface area contributed by atoms with E-state index in [4.69, 9.17) is 0 Å². The molecule has 1 rings (SSSR count). The zero-order valence-electron chi connectivity index (χ0n) is 4.00. The van der Waals surface area contributed by atoms with Crippen molar-refractivity contribution in [1.82, 2.24) is 4.98 Å². The van der Waals surface area contributed by atoms with Crippen molar-refractivity contribution in [2.45, 2.75) is 0 Å². The molecule has 0 radical (unpaired) electrons. The molecule has 1 nitrogen and oxygen atoms in total. The molecule has 0 saturated carbocycles. The van der Waals surface area contributed by atoms with E-state index in [1.165, 1.54) is 0 Å². The minimum absolute atomic E-state index is 0.917. The van der Waals surface area contributed by atoms with E-state index in [1.54, 1.807) is 23.6 Å². The van der Waals surface area contributed by atoms with Gasteiger partial charge in [-0.05, 0) is 17.2 Å². The SMILES string of the molecule is S=C=Cc1nccs1. The third-order valence-electron chi connectivity index (χ3n) is 0.634. The maximum Gasteiger partial charge on any atom is 0.124 e. The Bertz CT molecular complexity index is 196. The van der Waals surface area contributed by atoms with Gasteiger partial charge in [-0.25, -0.2) is 4.98 Å². The minimum Gasteiger partial charge on any atom is -0.244 e. The standard InChI is InChI=1S/C5H3NS2/c7-3-1-5-6-2-4-8-5/h1-2,4H. The normalized spacial score (nSPS) is 8.00. The molecule has 0 N–H and O–H groups in total. The fourth-order valence-electron chi connectivity index (χ4n) is 0.356. The van der Waals surface area contributed by atoms with Crippen molar-refractivity contribution in [1.29, 1.82) is 0 Å². The summed E-state index contributed by atoms with van der Waals surface area (Å²) in [6.07, 6.45) is 3.42. The van der Waals surface area contributed by atoms with Gasteiger partial charge in [0.2, 0.25) is 0 Å².